The summed E-state index contributed by atoms with van der Waals surface area (Å²) >= 11 is 0. The summed E-state index contributed by atoms with van der Waals surface area (Å²) in [7, 11) is 0. The Balaban J connectivity index is 1.40. The normalized spacial score (nSPS) is 16.8. The lowest BCUT2D eigenvalue weighted by molar-refractivity contribution is -0.122. The zero-order valence-corrected chi connectivity index (χ0v) is 18.3. The van der Waals surface area contributed by atoms with E-state index in [1.54, 1.807) is 42.7 Å². The van der Waals surface area contributed by atoms with Crippen molar-refractivity contribution in [2.45, 2.75) is 25.7 Å². The average Bonchev–Trinajstić information content (AvgIpc) is 3.04. The van der Waals surface area contributed by atoms with Gasteiger partial charge in [-0.3, -0.25) is 4.79 Å². The van der Waals surface area contributed by atoms with Crippen LogP contribution in [0.15, 0.2) is 42.7 Å². The third-order valence-electron chi connectivity index (χ3n) is 6.42. The molecule has 9 nitrogen and oxygen atoms in total. The van der Waals surface area contributed by atoms with Crippen molar-refractivity contribution in [1.29, 1.82) is 0 Å². The topological polar surface area (TPSA) is 112 Å². The highest BCUT2D eigenvalue weighted by Crippen LogP contribution is 2.30. The molecule has 1 amide bonds. The standard InChI is InChI=1S/C24H26N6O3/c31-22(16-4-1-5-16)27-17-6-7-20-18(14-17)19(23(32)33)15-21(28-20)29-10-3-11-30(13-12-29)24-25-8-2-9-26-24/h2,6-9,14-16H,1,3-5,10-13H2,(H,27,31)(H,32,33). The van der Waals surface area contributed by atoms with Gasteiger partial charge in [0, 0.05) is 55.6 Å². The first-order chi connectivity index (χ1) is 16.1. The van der Waals surface area contributed by atoms with Crippen molar-refractivity contribution in [3.8, 4) is 0 Å². The second-order valence-electron chi connectivity index (χ2n) is 8.56. The molecule has 1 aliphatic heterocycles. The number of aromatic carboxylic acids is 1. The Morgan fingerprint density at radius 3 is 2.45 bits per heavy atom. The zero-order valence-electron chi connectivity index (χ0n) is 18.3. The van der Waals surface area contributed by atoms with Gasteiger partial charge in [-0.1, -0.05) is 6.42 Å². The summed E-state index contributed by atoms with van der Waals surface area (Å²) in [5.41, 5.74) is 1.38. The molecular weight excluding hydrogens is 420 g/mol. The number of hydrogen-bond donors (Lipinski definition) is 2. The molecule has 0 radical (unpaired) electrons. The molecule has 2 aromatic heterocycles. The van der Waals surface area contributed by atoms with Gasteiger partial charge in [0.05, 0.1) is 11.1 Å². The van der Waals surface area contributed by atoms with Crippen LogP contribution in [0.3, 0.4) is 0 Å². The van der Waals surface area contributed by atoms with Gasteiger partial charge >= 0.3 is 5.97 Å². The van der Waals surface area contributed by atoms with Gasteiger partial charge in [0.2, 0.25) is 11.9 Å². The number of anilines is 3. The Morgan fingerprint density at radius 1 is 0.970 bits per heavy atom. The Hall–Kier alpha value is -3.75. The summed E-state index contributed by atoms with van der Waals surface area (Å²) in [4.78, 5) is 42.1. The summed E-state index contributed by atoms with van der Waals surface area (Å²) < 4.78 is 0. The second-order valence-corrected chi connectivity index (χ2v) is 8.56. The summed E-state index contributed by atoms with van der Waals surface area (Å²) in [6.07, 6.45) is 7.25. The van der Waals surface area contributed by atoms with Gasteiger partial charge in [-0.2, -0.15) is 0 Å². The van der Waals surface area contributed by atoms with Crippen molar-refractivity contribution in [2.75, 3.05) is 41.3 Å². The number of hydrogen-bond acceptors (Lipinski definition) is 7. The molecule has 2 fully saturated rings. The van der Waals surface area contributed by atoms with E-state index in [2.05, 4.69) is 25.1 Å². The van der Waals surface area contributed by atoms with Crippen LogP contribution >= 0.6 is 0 Å². The number of carbonyl (C=O) groups excluding carboxylic acids is 1. The maximum atomic E-state index is 12.3. The van der Waals surface area contributed by atoms with E-state index in [1.165, 1.54) is 0 Å². The predicted octanol–water partition coefficient (Wildman–Crippen LogP) is 3.18. The van der Waals surface area contributed by atoms with Crippen molar-refractivity contribution >= 4 is 40.2 Å². The van der Waals surface area contributed by atoms with Gasteiger partial charge in [-0.25, -0.2) is 19.7 Å². The minimum Gasteiger partial charge on any atom is -0.478 e. The Labute approximate surface area is 191 Å². The maximum Gasteiger partial charge on any atom is 0.336 e. The van der Waals surface area contributed by atoms with E-state index in [-0.39, 0.29) is 17.4 Å². The number of rotatable bonds is 5. The van der Waals surface area contributed by atoms with Crippen LogP contribution in [0, 0.1) is 5.92 Å². The number of amides is 1. The molecule has 1 aliphatic carbocycles. The number of carboxylic acid groups (broad SMARTS) is 1. The summed E-state index contributed by atoms with van der Waals surface area (Å²) in [6, 6.07) is 8.71. The van der Waals surface area contributed by atoms with Gasteiger partial charge in [-0.15, -0.1) is 0 Å². The quantitative estimate of drug-likeness (QED) is 0.615. The highest BCUT2D eigenvalue weighted by atomic mass is 16.4. The van der Waals surface area contributed by atoms with Crippen LogP contribution in [-0.4, -0.2) is 58.1 Å². The number of carboxylic acids is 1. The number of carbonyl (C=O) groups is 2. The van der Waals surface area contributed by atoms with E-state index < -0.39 is 5.97 Å². The van der Waals surface area contributed by atoms with Crippen molar-refractivity contribution in [2.24, 2.45) is 5.92 Å². The first-order valence-corrected chi connectivity index (χ1v) is 11.3. The second kappa shape index (κ2) is 9.01. The van der Waals surface area contributed by atoms with Crippen LogP contribution in [0.25, 0.3) is 10.9 Å². The van der Waals surface area contributed by atoms with Gasteiger partial charge in [0.15, 0.2) is 0 Å². The first-order valence-electron chi connectivity index (χ1n) is 11.3. The van der Waals surface area contributed by atoms with Crippen LogP contribution in [0.2, 0.25) is 0 Å². The van der Waals surface area contributed by atoms with E-state index >= 15 is 0 Å². The fourth-order valence-electron chi connectivity index (χ4n) is 4.34. The molecule has 3 aromatic rings. The van der Waals surface area contributed by atoms with Gasteiger partial charge in [0.25, 0.3) is 0 Å². The maximum absolute atomic E-state index is 12.3. The third kappa shape index (κ3) is 4.44. The molecule has 0 bridgehead atoms. The lowest BCUT2D eigenvalue weighted by atomic mass is 9.85. The van der Waals surface area contributed by atoms with Crippen LogP contribution in [0.4, 0.5) is 17.5 Å². The molecule has 1 saturated carbocycles. The average molecular weight is 447 g/mol. The lowest BCUT2D eigenvalue weighted by Gasteiger charge is -2.24. The monoisotopic (exact) mass is 446 g/mol. The number of pyridine rings is 1. The van der Waals surface area contributed by atoms with Gasteiger partial charge in [-0.05, 0) is 49.6 Å². The SMILES string of the molecule is O=C(O)c1cc(N2CCCN(c3ncccn3)CC2)nc2ccc(NC(=O)C3CCC3)cc12. The fraction of sp³-hybridized carbons (Fsp3) is 0.375. The zero-order chi connectivity index (χ0) is 22.8. The van der Waals surface area contributed by atoms with E-state index in [9.17, 15) is 14.7 Å². The molecule has 0 spiro atoms. The highest BCUT2D eigenvalue weighted by Gasteiger charge is 2.25. The summed E-state index contributed by atoms with van der Waals surface area (Å²) in [5.74, 6) is 0.387. The number of nitrogens with one attached hydrogen (secondary N) is 1. The van der Waals surface area contributed by atoms with E-state index in [4.69, 9.17) is 4.98 Å². The number of nitrogens with zero attached hydrogens (tertiary/aromatic N) is 5. The largest absolute Gasteiger partial charge is 0.478 e. The lowest BCUT2D eigenvalue weighted by Crippen LogP contribution is -2.32. The molecule has 0 unspecified atom stereocenters. The minimum absolute atomic E-state index is 0.00132. The van der Waals surface area contributed by atoms with Crippen LogP contribution in [-0.2, 0) is 4.79 Å². The Bertz CT molecular complexity index is 1180. The number of aromatic nitrogens is 3. The summed E-state index contributed by atoms with van der Waals surface area (Å²) in [6.45, 7) is 2.99. The van der Waals surface area contributed by atoms with Crippen molar-refractivity contribution in [3.05, 3.63) is 48.3 Å². The Morgan fingerprint density at radius 2 is 1.73 bits per heavy atom. The van der Waals surface area contributed by atoms with Crippen molar-refractivity contribution in [1.82, 2.24) is 15.0 Å². The predicted molar refractivity (Wildman–Crippen MR) is 126 cm³/mol. The molecule has 9 heteroatoms. The fourth-order valence-corrected chi connectivity index (χ4v) is 4.34. The number of fused-ring (bicyclic) bond motifs is 1. The Kier molecular flexibility index (Phi) is 5.77. The smallest absolute Gasteiger partial charge is 0.336 e. The van der Waals surface area contributed by atoms with E-state index in [0.29, 0.717) is 34.9 Å². The van der Waals surface area contributed by atoms with Crippen LogP contribution in [0.1, 0.15) is 36.0 Å². The number of benzene rings is 1. The molecule has 5 rings (SSSR count). The third-order valence-corrected chi connectivity index (χ3v) is 6.42. The van der Waals surface area contributed by atoms with E-state index in [0.717, 1.165) is 45.3 Å². The molecule has 170 valence electrons. The summed E-state index contributed by atoms with van der Waals surface area (Å²) in [5, 5.41) is 13.3. The van der Waals surface area contributed by atoms with Crippen molar-refractivity contribution in [3.63, 3.8) is 0 Å². The molecule has 3 heterocycles. The molecule has 1 aromatic carbocycles. The highest BCUT2D eigenvalue weighted by molar-refractivity contribution is 6.05. The van der Waals surface area contributed by atoms with Crippen LogP contribution < -0.4 is 15.1 Å². The first kappa shape index (κ1) is 21.1. The van der Waals surface area contributed by atoms with Crippen LogP contribution in [0.5, 0.6) is 0 Å². The van der Waals surface area contributed by atoms with Crippen molar-refractivity contribution < 1.29 is 14.7 Å². The molecule has 33 heavy (non-hydrogen) atoms. The van der Waals surface area contributed by atoms with Gasteiger partial charge in [0.1, 0.15) is 5.82 Å². The van der Waals surface area contributed by atoms with Gasteiger partial charge < -0.3 is 20.2 Å². The molecule has 0 atom stereocenters. The molecule has 2 aliphatic rings. The molecule has 2 N–H and O–H groups in total. The minimum atomic E-state index is -1.01. The molecule has 1 saturated heterocycles. The molecular formula is C24H26N6O3. The van der Waals surface area contributed by atoms with E-state index in [1.807, 2.05) is 0 Å².